The first-order valence-corrected chi connectivity index (χ1v) is 14.1. The molecule has 2 fully saturated rings. The molecule has 0 aliphatic heterocycles. The molecule has 3 rings (SSSR count). The summed E-state index contributed by atoms with van der Waals surface area (Å²) in [5, 5.41) is 0. The summed E-state index contributed by atoms with van der Waals surface area (Å²) in [5.41, 5.74) is 0.897. The Labute approximate surface area is 205 Å². The fourth-order valence-electron chi connectivity index (χ4n) is 5.65. The van der Waals surface area contributed by atoms with Crippen molar-refractivity contribution in [2.45, 2.75) is 109 Å². The second-order valence-corrected chi connectivity index (χ2v) is 11.3. The first-order chi connectivity index (χ1) is 15.1. The highest BCUT2D eigenvalue weighted by Crippen LogP contribution is 2.44. The van der Waals surface area contributed by atoms with Crippen molar-refractivity contribution in [2.24, 2.45) is 17.8 Å². The zero-order chi connectivity index (χ0) is 21.9. The Balaban J connectivity index is 1.54. The van der Waals surface area contributed by atoms with Crippen LogP contribution >= 0.6 is 22.6 Å². The van der Waals surface area contributed by atoms with Gasteiger partial charge < -0.3 is 4.74 Å². The molecule has 0 spiro atoms. The van der Waals surface area contributed by atoms with E-state index in [9.17, 15) is 0 Å². The molecule has 0 atom stereocenters. The average Bonchev–Trinajstić information content (AvgIpc) is 2.80. The SMILES string of the molecule is CCCCCC1CCC(C2CCC(C#Cc3ccc(I)cc3)(OCCCC)CC2)CC1. The van der Waals surface area contributed by atoms with Gasteiger partial charge in [0.2, 0.25) is 0 Å². The minimum atomic E-state index is -0.216. The van der Waals surface area contributed by atoms with E-state index < -0.39 is 0 Å². The minimum Gasteiger partial charge on any atom is -0.362 e. The summed E-state index contributed by atoms with van der Waals surface area (Å²) in [5.74, 6) is 9.95. The fourth-order valence-corrected chi connectivity index (χ4v) is 6.01. The highest BCUT2D eigenvalue weighted by atomic mass is 127. The lowest BCUT2D eigenvalue weighted by Crippen LogP contribution is -2.38. The zero-order valence-electron chi connectivity index (χ0n) is 19.9. The van der Waals surface area contributed by atoms with Gasteiger partial charge in [-0.2, -0.15) is 0 Å². The van der Waals surface area contributed by atoms with E-state index in [0.717, 1.165) is 49.2 Å². The summed E-state index contributed by atoms with van der Waals surface area (Å²) in [6.07, 6.45) is 18.8. The smallest absolute Gasteiger partial charge is 0.129 e. The molecule has 1 nitrogen and oxygen atoms in total. The molecule has 0 heterocycles. The summed E-state index contributed by atoms with van der Waals surface area (Å²) in [6.45, 7) is 5.41. The molecule has 0 unspecified atom stereocenters. The summed E-state index contributed by atoms with van der Waals surface area (Å²) < 4.78 is 7.75. The van der Waals surface area contributed by atoms with Gasteiger partial charge in [0.1, 0.15) is 5.60 Å². The van der Waals surface area contributed by atoms with Crippen molar-refractivity contribution in [3.05, 3.63) is 33.4 Å². The molecule has 2 aliphatic rings. The predicted octanol–water partition coefficient (Wildman–Crippen LogP) is 8.78. The molecule has 0 radical (unpaired) electrons. The molecule has 2 aliphatic carbocycles. The minimum absolute atomic E-state index is 0.216. The Bertz CT molecular complexity index is 682. The Morgan fingerprint density at radius 3 is 2.16 bits per heavy atom. The maximum Gasteiger partial charge on any atom is 0.129 e. The first-order valence-electron chi connectivity index (χ1n) is 13.1. The first kappa shape index (κ1) is 25.1. The lowest BCUT2D eigenvalue weighted by Gasteiger charge is -2.41. The summed E-state index contributed by atoms with van der Waals surface area (Å²) in [6, 6.07) is 8.56. The maximum atomic E-state index is 6.49. The Morgan fingerprint density at radius 1 is 0.871 bits per heavy atom. The van der Waals surface area contributed by atoms with Crippen molar-refractivity contribution in [3.63, 3.8) is 0 Å². The second kappa shape index (κ2) is 13.2. The van der Waals surface area contributed by atoms with Crippen LogP contribution in [0.3, 0.4) is 0 Å². The standard InChI is InChI=1S/C29H43IO/c1-3-5-7-8-24-9-13-26(14-10-24)27-18-21-29(22-19-27,31-23-6-4-2)20-17-25-11-15-28(30)16-12-25/h11-12,15-16,24,26-27H,3-10,13-14,18-19,21-23H2,1-2H3. The molecule has 172 valence electrons. The maximum absolute atomic E-state index is 6.49. The van der Waals surface area contributed by atoms with Crippen LogP contribution in [0, 0.1) is 33.2 Å². The third-order valence-electron chi connectivity index (χ3n) is 7.77. The number of halogens is 1. The van der Waals surface area contributed by atoms with Gasteiger partial charge >= 0.3 is 0 Å². The highest BCUT2D eigenvalue weighted by Gasteiger charge is 2.38. The number of hydrogen-bond acceptors (Lipinski definition) is 1. The van der Waals surface area contributed by atoms with Gasteiger partial charge in [-0.25, -0.2) is 0 Å². The van der Waals surface area contributed by atoms with Gasteiger partial charge in [0, 0.05) is 15.7 Å². The quantitative estimate of drug-likeness (QED) is 0.175. The highest BCUT2D eigenvalue weighted by molar-refractivity contribution is 14.1. The third-order valence-corrected chi connectivity index (χ3v) is 8.49. The monoisotopic (exact) mass is 534 g/mol. The Kier molecular flexibility index (Phi) is 10.7. The van der Waals surface area contributed by atoms with Crippen molar-refractivity contribution in [1.29, 1.82) is 0 Å². The van der Waals surface area contributed by atoms with E-state index in [1.807, 2.05) is 0 Å². The lowest BCUT2D eigenvalue weighted by molar-refractivity contribution is -0.0438. The van der Waals surface area contributed by atoms with Crippen LogP contribution in [0.15, 0.2) is 24.3 Å². The molecule has 0 aromatic heterocycles. The van der Waals surface area contributed by atoms with Crippen LogP contribution in [0.25, 0.3) is 0 Å². The molecule has 0 amide bonds. The molecule has 2 saturated carbocycles. The van der Waals surface area contributed by atoms with Crippen molar-refractivity contribution >= 4 is 22.6 Å². The summed E-state index contributed by atoms with van der Waals surface area (Å²) in [7, 11) is 0. The zero-order valence-corrected chi connectivity index (χ0v) is 22.1. The summed E-state index contributed by atoms with van der Waals surface area (Å²) in [4.78, 5) is 0. The number of ether oxygens (including phenoxy) is 1. The van der Waals surface area contributed by atoms with E-state index in [-0.39, 0.29) is 5.60 Å². The van der Waals surface area contributed by atoms with Gasteiger partial charge in [-0.1, -0.05) is 70.6 Å². The van der Waals surface area contributed by atoms with Gasteiger partial charge in [-0.15, -0.1) is 0 Å². The van der Waals surface area contributed by atoms with Crippen LogP contribution in [-0.2, 0) is 4.74 Å². The molecule has 31 heavy (non-hydrogen) atoms. The normalized spacial score (nSPS) is 28.7. The van der Waals surface area contributed by atoms with E-state index >= 15 is 0 Å². The van der Waals surface area contributed by atoms with Gasteiger partial charge in [0.05, 0.1) is 0 Å². The number of hydrogen-bond donors (Lipinski definition) is 0. The van der Waals surface area contributed by atoms with E-state index in [1.165, 1.54) is 74.2 Å². The predicted molar refractivity (Wildman–Crippen MR) is 141 cm³/mol. The van der Waals surface area contributed by atoms with Crippen molar-refractivity contribution in [1.82, 2.24) is 0 Å². The van der Waals surface area contributed by atoms with Gasteiger partial charge in [-0.3, -0.25) is 0 Å². The van der Waals surface area contributed by atoms with Crippen LogP contribution in [0.5, 0.6) is 0 Å². The molecule has 0 N–H and O–H groups in total. The molecule has 0 bridgehead atoms. The van der Waals surface area contributed by atoms with Gasteiger partial charge in [-0.05, 0) is 110 Å². The fraction of sp³-hybridized carbons (Fsp3) is 0.724. The topological polar surface area (TPSA) is 9.23 Å². The van der Waals surface area contributed by atoms with Crippen molar-refractivity contribution in [3.8, 4) is 11.8 Å². The Morgan fingerprint density at radius 2 is 1.52 bits per heavy atom. The molecule has 1 aromatic rings. The average molecular weight is 535 g/mol. The molecular formula is C29H43IO. The van der Waals surface area contributed by atoms with Crippen LogP contribution in [0.2, 0.25) is 0 Å². The van der Waals surface area contributed by atoms with Crippen molar-refractivity contribution < 1.29 is 4.74 Å². The molecular weight excluding hydrogens is 491 g/mol. The van der Waals surface area contributed by atoms with Crippen LogP contribution in [0.1, 0.15) is 109 Å². The molecule has 2 heteroatoms. The molecule has 1 aromatic carbocycles. The number of rotatable bonds is 9. The number of unbranched alkanes of at least 4 members (excludes halogenated alkanes) is 3. The largest absolute Gasteiger partial charge is 0.362 e. The third kappa shape index (κ3) is 8.08. The number of benzene rings is 1. The van der Waals surface area contributed by atoms with Crippen LogP contribution < -0.4 is 0 Å². The van der Waals surface area contributed by atoms with E-state index in [2.05, 4.69) is 72.5 Å². The van der Waals surface area contributed by atoms with E-state index in [4.69, 9.17) is 4.74 Å². The summed E-state index contributed by atoms with van der Waals surface area (Å²) >= 11 is 2.35. The van der Waals surface area contributed by atoms with Crippen molar-refractivity contribution in [2.75, 3.05) is 6.61 Å². The Hall–Kier alpha value is -0.530. The lowest BCUT2D eigenvalue weighted by atomic mass is 9.67. The van der Waals surface area contributed by atoms with Gasteiger partial charge in [0.25, 0.3) is 0 Å². The van der Waals surface area contributed by atoms with Crippen LogP contribution in [0.4, 0.5) is 0 Å². The molecule has 0 saturated heterocycles. The van der Waals surface area contributed by atoms with Crippen LogP contribution in [-0.4, -0.2) is 12.2 Å². The second-order valence-electron chi connectivity index (χ2n) is 10.1. The van der Waals surface area contributed by atoms with Gasteiger partial charge in [0.15, 0.2) is 0 Å². The van der Waals surface area contributed by atoms with E-state index in [1.54, 1.807) is 0 Å². The van der Waals surface area contributed by atoms with E-state index in [0.29, 0.717) is 0 Å².